The normalized spacial score (nSPS) is 32.4. The van der Waals surface area contributed by atoms with Crippen molar-refractivity contribution in [3.63, 3.8) is 0 Å². The van der Waals surface area contributed by atoms with E-state index in [2.05, 4.69) is 6.07 Å². The third-order valence-electron chi connectivity index (χ3n) is 3.25. The molecule has 66 valence electrons. The first kappa shape index (κ1) is 8.07. The van der Waals surface area contributed by atoms with E-state index in [0.29, 0.717) is 5.92 Å². The van der Waals surface area contributed by atoms with Gasteiger partial charge in [0.25, 0.3) is 0 Å². The topological polar surface area (TPSA) is 33.0 Å². The Hall–Kier alpha value is -0.550. The zero-order chi connectivity index (χ0) is 8.44. The molecule has 12 heavy (non-hydrogen) atoms. The van der Waals surface area contributed by atoms with Crippen molar-refractivity contribution in [3.8, 4) is 6.07 Å². The molecule has 2 fully saturated rings. The molecule has 1 atom stereocenters. The fraction of sp³-hybridized carbons (Fsp3) is 0.900. The molecular weight excluding hydrogens is 150 g/mol. The van der Waals surface area contributed by atoms with E-state index in [9.17, 15) is 0 Å². The maximum Gasteiger partial charge on any atom is 0.0689 e. The van der Waals surface area contributed by atoms with E-state index in [0.717, 1.165) is 32.5 Å². The smallest absolute Gasteiger partial charge is 0.0689 e. The zero-order valence-electron chi connectivity index (χ0n) is 7.38. The quantitative estimate of drug-likeness (QED) is 0.627. The lowest BCUT2D eigenvalue weighted by Gasteiger charge is -2.36. The molecule has 0 bridgehead atoms. The Labute approximate surface area is 73.5 Å². The molecule has 1 aliphatic carbocycles. The van der Waals surface area contributed by atoms with Crippen LogP contribution < -0.4 is 0 Å². The second-order valence-electron chi connectivity index (χ2n) is 4.18. The molecule has 1 saturated carbocycles. The van der Waals surface area contributed by atoms with E-state index in [1.807, 2.05) is 0 Å². The van der Waals surface area contributed by atoms with E-state index in [4.69, 9.17) is 10.00 Å². The van der Waals surface area contributed by atoms with Gasteiger partial charge in [0.15, 0.2) is 0 Å². The third kappa shape index (κ3) is 1.34. The van der Waals surface area contributed by atoms with Crippen LogP contribution in [0.25, 0.3) is 0 Å². The summed E-state index contributed by atoms with van der Waals surface area (Å²) in [7, 11) is 0. The van der Waals surface area contributed by atoms with E-state index in [1.54, 1.807) is 0 Å². The highest BCUT2D eigenvalue weighted by molar-refractivity contribution is 5.05. The number of hydrogen-bond donors (Lipinski definition) is 0. The van der Waals surface area contributed by atoms with Crippen LogP contribution >= 0.6 is 0 Å². The maximum atomic E-state index is 9.01. The van der Waals surface area contributed by atoms with Crippen LogP contribution in [0.15, 0.2) is 0 Å². The number of nitrogens with zero attached hydrogens (tertiary/aromatic N) is 1. The Morgan fingerprint density at radius 1 is 1.50 bits per heavy atom. The van der Waals surface area contributed by atoms with Gasteiger partial charge in [-0.2, -0.15) is 5.26 Å². The molecule has 0 amide bonds. The van der Waals surface area contributed by atoms with Crippen LogP contribution in [0, 0.1) is 22.7 Å². The van der Waals surface area contributed by atoms with Crippen LogP contribution in [0.2, 0.25) is 0 Å². The van der Waals surface area contributed by atoms with Crippen molar-refractivity contribution in [2.45, 2.75) is 32.1 Å². The predicted octanol–water partition coefficient (Wildman–Crippen LogP) is 2.11. The van der Waals surface area contributed by atoms with Crippen molar-refractivity contribution in [3.05, 3.63) is 0 Å². The molecule has 1 saturated heterocycles. The Bertz CT molecular complexity index is 196. The molecule has 1 heterocycles. The maximum absolute atomic E-state index is 9.01. The number of nitriles is 1. The molecule has 0 N–H and O–H groups in total. The van der Waals surface area contributed by atoms with Crippen LogP contribution in [0.1, 0.15) is 32.1 Å². The van der Waals surface area contributed by atoms with Crippen molar-refractivity contribution in [2.75, 3.05) is 13.2 Å². The summed E-state index contributed by atoms with van der Waals surface area (Å²) in [5.41, 5.74) is 0.0539. The first-order valence-electron chi connectivity index (χ1n) is 4.84. The van der Waals surface area contributed by atoms with E-state index < -0.39 is 0 Å². The van der Waals surface area contributed by atoms with E-state index in [-0.39, 0.29) is 5.41 Å². The Morgan fingerprint density at radius 2 is 2.33 bits per heavy atom. The molecule has 2 heteroatoms. The van der Waals surface area contributed by atoms with Crippen molar-refractivity contribution in [2.24, 2.45) is 11.3 Å². The molecule has 1 aliphatic heterocycles. The van der Waals surface area contributed by atoms with Gasteiger partial charge in [-0.15, -0.1) is 0 Å². The Balaban J connectivity index is 1.88. The van der Waals surface area contributed by atoms with Crippen LogP contribution in [-0.2, 0) is 4.74 Å². The summed E-state index contributed by atoms with van der Waals surface area (Å²) in [4.78, 5) is 0. The first-order chi connectivity index (χ1) is 5.85. The second kappa shape index (κ2) is 3.06. The number of ether oxygens (including phenoxy) is 1. The molecule has 0 aromatic heterocycles. The Morgan fingerprint density at radius 3 is 2.75 bits per heavy atom. The fourth-order valence-electron chi connectivity index (χ4n) is 2.26. The summed E-state index contributed by atoms with van der Waals surface area (Å²) >= 11 is 0. The minimum absolute atomic E-state index is 0.0539. The highest BCUT2D eigenvalue weighted by Crippen LogP contribution is 2.46. The summed E-state index contributed by atoms with van der Waals surface area (Å²) < 4.78 is 5.31. The number of rotatable bonds is 2. The van der Waals surface area contributed by atoms with E-state index in [1.165, 1.54) is 12.8 Å². The fourth-order valence-corrected chi connectivity index (χ4v) is 2.26. The average molecular weight is 165 g/mol. The lowest BCUT2D eigenvalue weighted by Crippen LogP contribution is -2.30. The molecule has 0 aromatic rings. The van der Waals surface area contributed by atoms with Gasteiger partial charge in [0.2, 0.25) is 0 Å². The lowest BCUT2D eigenvalue weighted by molar-refractivity contribution is 0.139. The SMILES string of the molecule is N#CC1(CC2CCOC2)CCC1. The van der Waals surface area contributed by atoms with Crippen LogP contribution in [0.4, 0.5) is 0 Å². The average Bonchev–Trinajstić information content (AvgIpc) is 2.49. The third-order valence-corrected chi connectivity index (χ3v) is 3.25. The molecule has 2 rings (SSSR count). The highest BCUT2D eigenvalue weighted by atomic mass is 16.5. The zero-order valence-corrected chi connectivity index (χ0v) is 7.38. The van der Waals surface area contributed by atoms with Crippen molar-refractivity contribution in [1.82, 2.24) is 0 Å². The molecule has 0 aromatic carbocycles. The summed E-state index contributed by atoms with van der Waals surface area (Å²) in [6.07, 6.45) is 5.76. The standard InChI is InChI=1S/C10H15NO/c11-8-10(3-1-4-10)6-9-2-5-12-7-9/h9H,1-7H2. The first-order valence-corrected chi connectivity index (χ1v) is 4.84. The van der Waals surface area contributed by atoms with E-state index >= 15 is 0 Å². The lowest BCUT2D eigenvalue weighted by atomic mass is 9.65. The van der Waals surface area contributed by atoms with Gasteiger partial charge in [0.05, 0.1) is 11.5 Å². The van der Waals surface area contributed by atoms with Gasteiger partial charge in [-0.3, -0.25) is 0 Å². The summed E-state index contributed by atoms with van der Waals surface area (Å²) in [5.74, 6) is 0.671. The number of hydrogen-bond acceptors (Lipinski definition) is 2. The Kier molecular flexibility index (Phi) is 2.06. The van der Waals surface area contributed by atoms with Crippen molar-refractivity contribution < 1.29 is 4.74 Å². The van der Waals surface area contributed by atoms with Gasteiger partial charge in [0.1, 0.15) is 0 Å². The van der Waals surface area contributed by atoms with Crippen molar-refractivity contribution in [1.29, 1.82) is 5.26 Å². The predicted molar refractivity (Wildman–Crippen MR) is 45.4 cm³/mol. The molecule has 0 spiro atoms. The van der Waals surface area contributed by atoms with Gasteiger partial charge < -0.3 is 4.74 Å². The van der Waals surface area contributed by atoms with Gasteiger partial charge in [-0.05, 0) is 31.6 Å². The largest absolute Gasteiger partial charge is 0.381 e. The molecule has 0 radical (unpaired) electrons. The monoisotopic (exact) mass is 165 g/mol. The van der Waals surface area contributed by atoms with Gasteiger partial charge in [-0.1, -0.05) is 6.42 Å². The minimum atomic E-state index is 0.0539. The molecule has 2 nitrogen and oxygen atoms in total. The second-order valence-corrected chi connectivity index (χ2v) is 4.18. The van der Waals surface area contributed by atoms with Gasteiger partial charge in [-0.25, -0.2) is 0 Å². The summed E-state index contributed by atoms with van der Waals surface area (Å²) in [6, 6.07) is 2.49. The van der Waals surface area contributed by atoms with Gasteiger partial charge >= 0.3 is 0 Å². The molecule has 1 unspecified atom stereocenters. The minimum Gasteiger partial charge on any atom is -0.381 e. The van der Waals surface area contributed by atoms with Crippen LogP contribution in [0.3, 0.4) is 0 Å². The molecular formula is C10H15NO. The summed E-state index contributed by atoms with van der Waals surface area (Å²) in [5, 5.41) is 9.01. The van der Waals surface area contributed by atoms with Crippen LogP contribution in [0.5, 0.6) is 0 Å². The van der Waals surface area contributed by atoms with Gasteiger partial charge in [0, 0.05) is 13.2 Å². The molecule has 2 aliphatic rings. The van der Waals surface area contributed by atoms with Crippen LogP contribution in [-0.4, -0.2) is 13.2 Å². The summed E-state index contributed by atoms with van der Waals surface area (Å²) in [6.45, 7) is 1.80. The van der Waals surface area contributed by atoms with Crippen molar-refractivity contribution >= 4 is 0 Å². The highest BCUT2D eigenvalue weighted by Gasteiger charge is 2.39.